The molecule has 3 aromatic rings. The van der Waals surface area contributed by atoms with Gasteiger partial charge in [0, 0.05) is 21.6 Å². The number of fused-ring (bicyclic) bond motifs is 1. The van der Waals surface area contributed by atoms with Crippen molar-refractivity contribution < 1.29 is 4.42 Å². The number of benzene rings is 2. The number of nitrogens with zero attached hydrogens (tertiary/aromatic N) is 1. The van der Waals surface area contributed by atoms with Crippen LogP contribution in [0.2, 0.25) is 5.02 Å². The SMILES string of the molecule is Clc1ccc(C2CC(c3ccco3)=Nc3ccccc3S2)cc1. The summed E-state index contributed by atoms with van der Waals surface area (Å²) in [6, 6.07) is 20.2. The van der Waals surface area contributed by atoms with Gasteiger partial charge < -0.3 is 4.42 Å². The first-order valence-electron chi connectivity index (χ1n) is 7.42. The van der Waals surface area contributed by atoms with Gasteiger partial charge in [0.05, 0.1) is 17.7 Å². The summed E-state index contributed by atoms with van der Waals surface area (Å²) in [5.41, 5.74) is 3.23. The monoisotopic (exact) mass is 339 g/mol. The first kappa shape index (κ1) is 14.6. The van der Waals surface area contributed by atoms with Gasteiger partial charge in [0.25, 0.3) is 0 Å². The summed E-state index contributed by atoms with van der Waals surface area (Å²) < 4.78 is 5.59. The number of hydrogen-bond acceptors (Lipinski definition) is 3. The van der Waals surface area contributed by atoms with Crippen LogP contribution < -0.4 is 0 Å². The molecule has 4 heteroatoms. The third-order valence-electron chi connectivity index (χ3n) is 3.82. The molecule has 23 heavy (non-hydrogen) atoms. The molecule has 0 radical (unpaired) electrons. The van der Waals surface area contributed by atoms with Crippen molar-refractivity contribution in [3.8, 4) is 0 Å². The van der Waals surface area contributed by atoms with Gasteiger partial charge >= 0.3 is 0 Å². The lowest BCUT2D eigenvalue weighted by Gasteiger charge is -2.15. The van der Waals surface area contributed by atoms with Gasteiger partial charge in [-0.25, -0.2) is 4.99 Å². The van der Waals surface area contributed by atoms with Crippen molar-refractivity contribution in [2.24, 2.45) is 4.99 Å². The van der Waals surface area contributed by atoms with Crippen molar-refractivity contribution in [2.45, 2.75) is 16.6 Å². The molecule has 0 saturated heterocycles. The average molecular weight is 340 g/mol. The minimum atomic E-state index is 0.278. The van der Waals surface area contributed by atoms with Crippen LogP contribution in [0, 0.1) is 0 Å². The van der Waals surface area contributed by atoms with Gasteiger partial charge in [-0.05, 0) is 42.0 Å². The molecule has 1 unspecified atom stereocenters. The quantitative estimate of drug-likeness (QED) is 0.548. The molecule has 0 aliphatic carbocycles. The highest BCUT2D eigenvalue weighted by Gasteiger charge is 2.23. The van der Waals surface area contributed by atoms with Crippen LogP contribution in [-0.4, -0.2) is 5.71 Å². The summed E-state index contributed by atoms with van der Waals surface area (Å²) in [4.78, 5) is 6.04. The molecule has 1 aliphatic rings. The number of hydrogen-bond donors (Lipinski definition) is 0. The Hall–Kier alpha value is -1.97. The van der Waals surface area contributed by atoms with Crippen LogP contribution >= 0.6 is 23.4 Å². The van der Waals surface area contributed by atoms with Gasteiger partial charge in [0.1, 0.15) is 5.76 Å². The van der Waals surface area contributed by atoms with Crippen molar-refractivity contribution in [1.29, 1.82) is 0 Å². The first-order chi connectivity index (χ1) is 11.3. The van der Waals surface area contributed by atoms with Crippen LogP contribution in [0.5, 0.6) is 0 Å². The highest BCUT2D eigenvalue weighted by atomic mass is 35.5. The minimum absolute atomic E-state index is 0.278. The molecule has 1 aliphatic heterocycles. The summed E-state index contributed by atoms with van der Waals surface area (Å²) in [7, 11) is 0. The maximum atomic E-state index is 6.03. The second kappa shape index (κ2) is 6.26. The number of rotatable bonds is 2. The largest absolute Gasteiger partial charge is 0.463 e. The molecule has 4 rings (SSSR count). The van der Waals surface area contributed by atoms with Gasteiger partial charge in [-0.15, -0.1) is 11.8 Å². The Bertz CT molecular complexity index is 840. The van der Waals surface area contributed by atoms with E-state index >= 15 is 0 Å². The summed E-state index contributed by atoms with van der Waals surface area (Å²) in [6.07, 6.45) is 2.51. The molecule has 2 aromatic carbocycles. The van der Waals surface area contributed by atoms with Crippen LogP contribution in [0.1, 0.15) is 23.0 Å². The molecule has 0 saturated carbocycles. The Morgan fingerprint density at radius 1 is 1.00 bits per heavy atom. The Morgan fingerprint density at radius 3 is 2.61 bits per heavy atom. The van der Waals surface area contributed by atoms with E-state index in [1.807, 2.05) is 42.1 Å². The predicted octanol–water partition coefficient (Wildman–Crippen LogP) is 6.29. The summed E-state index contributed by atoms with van der Waals surface area (Å²) >= 11 is 7.87. The van der Waals surface area contributed by atoms with Crippen LogP contribution in [0.4, 0.5) is 5.69 Å². The summed E-state index contributed by atoms with van der Waals surface area (Å²) in [5, 5.41) is 1.03. The van der Waals surface area contributed by atoms with Gasteiger partial charge in [-0.3, -0.25) is 0 Å². The normalized spacial score (nSPS) is 17.3. The number of furan rings is 1. The van der Waals surface area contributed by atoms with Crippen molar-refractivity contribution in [2.75, 3.05) is 0 Å². The van der Waals surface area contributed by atoms with Crippen LogP contribution in [0.15, 0.2) is 81.2 Å². The smallest absolute Gasteiger partial charge is 0.148 e. The Labute approximate surface area is 144 Å². The van der Waals surface area contributed by atoms with E-state index in [0.29, 0.717) is 0 Å². The Balaban J connectivity index is 1.78. The zero-order valence-corrected chi connectivity index (χ0v) is 13.8. The predicted molar refractivity (Wildman–Crippen MR) is 96.0 cm³/mol. The lowest BCUT2D eigenvalue weighted by molar-refractivity contribution is 0.555. The van der Waals surface area contributed by atoms with Crippen molar-refractivity contribution in [3.63, 3.8) is 0 Å². The second-order valence-electron chi connectivity index (χ2n) is 5.37. The molecule has 2 heterocycles. The average Bonchev–Trinajstić information content (AvgIpc) is 3.03. The van der Waals surface area contributed by atoms with E-state index in [4.69, 9.17) is 21.0 Å². The summed E-state index contributed by atoms with van der Waals surface area (Å²) in [6.45, 7) is 0. The highest BCUT2D eigenvalue weighted by Crippen LogP contribution is 2.45. The highest BCUT2D eigenvalue weighted by molar-refractivity contribution is 7.99. The minimum Gasteiger partial charge on any atom is -0.463 e. The standard InChI is InChI=1S/C19H14ClNOS/c20-14-9-7-13(8-10-14)19-12-16(17-5-3-11-22-17)21-15-4-1-2-6-18(15)23-19/h1-11,19H,12H2. The first-order valence-corrected chi connectivity index (χ1v) is 8.68. The molecule has 2 nitrogen and oxygen atoms in total. The van der Waals surface area contributed by atoms with Crippen molar-refractivity contribution in [1.82, 2.24) is 0 Å². The van der Waals surface area contributed by atoms with Gasteiger partial charge in [0.2, 0.25) is 0 Å². The number of halogens is 1. The van der Waals surface area contributed by atoms with E-state index in [9.17, 15) is 0 Å². The number of aliphatic imine (C=N–C) groups is 1. The molecule has 0 spiro atoms. The van der Waals surface area contributed by atoms with Crippen LogP contribution in [-0.2, 0) is 0 Å². The molecule has 0 amide bonds. The van der Waals surface area contributed by atoms with Crippen molar-refractivity contribution in [3.05, 3.63) is 83.3 Å². The molecule has 1 atom stereocenters. The van der Waals surface area contributed by atoms with Gasteiger partial charge in [-0.2, -0.15) is 0 Å². The van der Waals surface area contributed by atoms with E-state index in [1.165, 1.54) is 10.5 Å². The van der Waals surface area contributed by atoms with E-state index < -0.39 is 0 Å². The lowest BCUT2D eigenvalue weighted by Crippen LogP contribution is -2.04. The molecule has 0 N–H and O–H groups in total. The number of thioether (sulfide) groups is 1. The number of para-hydroxylation sites is 1. The van der Waals surface area contributed by atoms with Gasteiger partial charge in [0.15, 0.2) is 0 Å². The molecule has 114 valence electrons. The fourth-order valence-corrected chi connectivity index (χ4v) is 4.03. The molecular weight excluding hydrogens is 326 g/mol. The molecule has 1 aromatic heterocycles. The lowest BCUT2D eigenvalue weighted by atomic mass is 10.1. The Kier molecular flexibility index (Phi) is 3.98. The maximum Gasteiger partial charge on any atom is 0.148 e. The van der Waals surface area contributed by atoms with E-state index in [0.717, 1.165) is 28.6 Å². The molecule has 0 bridgehead atoms. The third kappa shape index (κ3) is 3.07. The van der Waals surface area contributed by atoms with Gasteiger partial charge in [-0.1, -0.05) is 35.9 Å². The Morgan fingerprint density at radius 2 is 1.83 bits per heavy atom. The third-order valence-corrected chi connectivity index (χ3v) is 5.39. The van der Waals surface area contributed by atoms with E-state index in [1.54, 1.807) is 6.26 Å². The van der Waals surface area contributed by atoms with Crippen LogP contribution in [0.3, 0.4) is 0 Å². The van der Waals surface area contributed by atoms with E-state index in [2.05, 4.69) is 30.3 Å². The van der Waals surface area contributed by atoms with Crippen LogP contribution in [0.25, 0.3) is 0 Å². The fourth-order valence-electron chi connectivity index (χ4n) is 2.67. The van der Waals surface area contributed by atoms with E-state index in [-0.39, 0.29) is 5.25 Å². The fraction of sp³-hybridized carbons (Fsp3) is 0.105. The second-order valence-corrected chi connectivity index (χ2v) is 7.05. The van der Waals surface area contributed by atoms with Crippen molar-refractivity contribution >= 4 is 34.8 Å². The molecular formula is C19H14ClNOS. The zero-order valence-electron chi connectivity index (χ0n) is 12.3. The topological polar surface area (TPSA) is 25.5 Å². The summed E-state index contributed by atoms with van der Waals surface area (Å²) in [5.74, 6) is 0.835. The molecule has 0 fully saturated rings. The maximum absolute atomic E-state index is 6.03. The zero-order chi connectivity index (χ0) is 15.6.